The lowest BCUT2D eigenvalue weighted by Gasteiger charge is -2.28. The second-order valence-electron chi connectivity index (χ2n) is 8.81. The maximum Gasteiger partial charge on any atom is 0.0187 e. The normalized spacial score (nSPS) is 14.4. The lowest BCUT2D eigenvalue weighted by atomic mass is 9.75. The molecule has 1 aliphatic carbocycles. The first-order valence-electron chi connectivity index (χ1n) is 10.6. The predicted molar refractivity (Wildman–Crippen MR) is 115 cm³/mol. The lowest BCUT2D eigenvalue weighted by Crippen LogP contribution is -2.21. The summed E-state index contributed by atoms with van der Waals surface area (Å²) < 4.78 is 0. The highest BCUT2D eigenvalue weighted by Gasteiger charge is 2.39. The Morgan fingerprint density at radius 3 is 1.54 bits per heavy atom. The Labute approximate surface area is 161 Å². The van der Waals surface area contributed by atoms with Gasteiger partial charge in [0.05, 0.1) is 0 Å². The summed E-state index contributed by atoms with van der Waals surface area (Å²) in [4.78, 5) is 0. The van der Waals surface area contributed by atoms with Gasteiger partial charge in [-0.25, -0.2) is 0 Å². The molecule has 26 heavy (non-hydrogen) atoms. The first kappa shape index (κ1) is 19.2. The van der Waals surface area contributed by atoms with Crippen LogP contribution in [0.2, 0.25) is 0 Å². The van der Waals surface area contributed by atoms with Crippen LogP contribution < -0.4 is 0 Å². The molecule has 0 heteroatoms. The van der Waals surface area contributed by atoms with Crippen LogP contribution in [-0.4, -0.2) is 0 Å². The number of fused-ring (bicyclic) bond motifs is 3. The van der Waals surface area contributed by atoms with E-state index in [1.165, 1.54) is 78.3 Å². The average molecular weight is 349 g/mol. The molecule has 0 heterocycles. The van der Waals surface area contributed by atoms with Crippen molar-refractivity contribution < 1.29 is 0 Å². The highest BCUT2D eigenvalue weighted by atomic mass is 14.4. The highest BCUT2D eigenvalue weighted by molar-refractivity contribution is 5.82. The van der Waals surface area contributed by atoms with Gasteiger partial charge in [-0.1, -0.05) is 76.6 Å². The van der Waals surface area contributed by atoms with Gasteiger partial charge in [0, 0.05) is 5.41 Å². The first-order chi connectivity index (χ1) is 12.4. The van der Waals surface area contributed by atoms with E-state index < -0.39 is 0 Å². The standard InChI is InChI=1S/C26H36/c1-7-8-9-10-11-12-13-26(6)24-16-20(4)18(2)14-22(24)23-15-19(3)21(5)17-25(23)26/h14-17H,7-13H2,1-6H3. The van der Waals surface area contributed by atoms with E-state index in [2.05, 4.69) is 65.8 Å². The molecule has 0 amide bonds. The van der Waals surface area contributed by atoms with Crippen LogP contribution in [0.1, 0.15) is 92.2 Å². The Bertz CT molecular complexity index is 737. The van der Waals surface area contributed by atoms with E-state index in [1.54, 1.807) is 11.1 Å². The van der Waals surface area contributed by atoms with Crippen molar-refractivity contribution in [3.63, 3.8) is 0 Å². The first-order valence-corrected chi connectivity index (χ1v) is 10.6. The van der Waals surface area contributed by atoms with Gasteiger partial charge < -0.3 is 0 Å². The van der Waals surface area contributed by atoms with E-state index in [1.807, 2.05) is 0 Å². The molecule has 0 N–H and O–H groups in total. The molecule has 0 radical (unpaired) electrons. The van der Waals surface area contributed by atoms with Gasteiger partial charge in [0.1, 0.15) is 0 Å². The summed E-state index contributed by atoms with van der Waals surface area (Å²) >= 11 is 0. The van der Waals surface area contributed by atoms with Crippen LogP contribution in [0.5, 0.6) is 0 Å². The number of rotatable bonds is 7. The summed E-state index contributed by atoms with van der Waals surface area (Å²) in [5.74, 6) is 0. The smallest absolute Gasteiger partial charge is 0.0187 e. The maximum atomic E-state index is 2.49. The monoisotopic (exact) mass is 348 g/mol. The van der Waals surface area contributed by atoms with Gasteiger partial charge in [-0.15, -0.1) is 0 Å². The van der Waals surface area contributed by atoms with E-state index in [4.69, 9.17) is 0 Å². The summed E-state index contributed by atoms with van der Waals surface area (Å²) in [5.41, 5.74) is 12.0. The summed E-state index contributed by atoms with van der Waals surface area (Å²) in [6.07, 6.45) is 9.48. The van der Waals surface area contributed by atoms with Crippen molar-refractivity contribution in [2.24, 2.45) is 0 Å². The zero-order valence-electron chi connectivity index (χ0n) is 17.8. The van der Waals surface area contributed by atoms with Crippen molar-refractivity contribution in [2.45, 2.75) is 91.9 Å². The summed E-state index contributed by atoms with van der Waals surface area (Å²) in [7, 11) is 0. The van der Waals surface area contributed by atoms with Crippen molar-refractivity contribution >= 4 is 0 Å². The Hall–Kier alpha value is -1.56. The third kappa shape index (κ3) is 3.36. The van der Waals surface area contributed by atoms with E-state index in [0.717, 1.165) is 0 Å². The molecule has 3 rings (SSSR count). The number of aryl methyl sites for hydroxylation is 4. The minimum absolute atomic E-state index is 0.173. The molecule has 0 aliphatic heterocycles. The molecule has 0 aromatic heterocycles. The van der Waals surface area contributed by atoms with Gasteiger partial charge in [-0.05, 0) is 78.6 Å². The fourth-order valence-electron chi connectivity index (χ4n) is 4.66. The largest absolute Gasteiger partial charge is 0.0654 e. The minimum atomic E-state index is 0.173. The fourth-order valence-corrected chi connectivity index (χ4v) is 4.66. The van der Waals surface area contributed by atoms with Gasteiger partial charge >= 0.3 is 0 Å². The molecule has 0 spiro atoms. The summed E-state index contributed by atoms with van der Waals surface area (Å²) in [6, 6.07) is 9.83. The Morgan fingerprint density at radius 1 is 0.615 bits per heavy atom. The summed E-state index contributed by atoms with van der Waals surface area (Å²) in [6.45, 7) is 13.8. The van der Waals surface area contributed by atoms with Gasteiger partial charge in [0.15, 0.2) is 0 Å². The SMILES string of the molecule is CCCCCCCCC1(C)c2cc(C)c(C)cc2-c2cc(C)c(C)cc21. The molecule has 0 nitrogen and oxygen atoms in total. The molecule has 0 bridgehead atoms. The predicted octanol–water partition coefficient (Wildman–Crippen LogP) is 7.96. The average Bonchev–Trinajstić information content (AvgIpc) is 2.81. The van der Waals surface area contributed by atoms with Crippen LogP contribution in [0.25, 0.3) is 11.1 Å². The Morgan fingerprint density at radius 2 is 1.04 bits per heavy atom. The van der Waals surface area contributed by atoms with Gasteiger partial charge in [0.2, 0.25) is 0 Å². The lowest BCUT2D eigenvalue weighted by molar-refractivity contribution is 0.480. The second kappa shape index (κ2) is 7.59. The van der Waals surface area contributed by atoms with Crippen molar-refractivity contribution in [3.8, 4) is 11.1 Å². The number of benzene rings is 2. The third-order valence-electron chi connectivity index (χ3n) is 6.78. The van der Waals surface area contributed by atoms with E-state index >= 15 is 0 Å². The number of hydrogen-bond acceptors (Lipinski definition) is 0. The third-order valence-corrected chi connectivity index (χ3v) is 6.78. The van der Waals surface area contributed by atoms with Gasteiger partial charge in [-0.3, -0.25) is 0 Å². The molecule has 140 valence electrons. The Balaban J connectivity index is 1.95. The van der Waals surface area contributed by atoms with Crippen LogP contribution >= 0.6 is 0 Å². The number of unbranched alkanes of at least 4 members (excludes halogenated alkanes) is 5. The minimum Gasteiger partial charge on any atom is -0.0654 e. The fraction of sp³-hybridized carbons (Fsp3) is 0.538. The van der Waals surface area contributed by atoms with E-state index in [0.29, 0.717) is 0 Å². The topological polar surface area (TPSA) is 0 Å². The van der Waals surface area contributed by atoms with Crippen molar-refractivity contribution in [1.82, 2.24) is 0 Å². The molecule has 0 saturated carbocycles. The maximum absolute atomic E-state index is 2.49. The van der Waals surface area contributed by atoms with Crippen LogP contribution in [-0.2, 0) is 5.41 Å². The molecule has 0 unspecified atom stereocenters. The molecule has 0 saturated heterocycles. The molecule has 0 fully saturated rings. The second-order valence-corrected chi connectivity index (χ2v) is 8.81. The Kier molecular flexibility index (Phi) is 5.61. The molecule has 1 aliphatic rings. The van der Waals surface area contributed by atoms with Crippen LogP contribution in [0, 0.1) is 27.7 Å². The molecule has 2 aromatic carbocycles. The quantitative estimate of drug-likeness (QED) is 0.445. The van der Waals surface area contributed by atoms with E-state index in [9.17, 15) is 0 Å². The van der Waals surface area contributed by atoms with Gasteiger partial charge in [0.25, 0.3) is 0 Å². The van der Waals surface area contributed by atoms with Crippen molar-refractivity contribution in [2.75, 3.05) is 0 Å². The molecular weight excluding hydrogens is 312 g/mol. The van der Waals surface area contributed by atoms with Crippen molar-refractivity contribution in [3.05, 3.63) is 57.6 Å². The van der Waals surface area contributed by atoms with Crippen LogP contribution in [0.15, 0.2) is 24.3 Å². The molecule has 0 atom stereocenters. The zero-order chi connectivity index (χ0) is 18.9. The van der Waals surface area contributed by atoms with Crippen LogP contribution in [0.4, 0.5) is 0 Å². The number of hydrogen-bond donors (Lipinski definition) is 0. The van der Waals surface area contributed by atoms with Crippen molar-refractivity contribution in [1.29, 1.82) is 0 Å². The van der Waals surface area contributed by atoms with Crippen LogP contribution in [0.3, 0.4) is 0 Å². The molecular formula is C26H36. The molecule has 2 aromatic rings. The zero-order valence-corrected chi connectivity index (χ0v) is 17.8. The van der Waals surface area contributed by atoms with E-state index in [-0.39, 0.29) is 5.41 Å². The summed E-state index contributed by atoms with van der Waals surface area (Å²) in [5, 5.41) is 0. The van der Waals surface area contributed by atoms with Gasteiger partial charge in [-0.2, -0.15) is 0 Å². The highest BCUT2D eigenvalue weighted by Crippen LogP contribution is 2.52.